The van der Waals surface area contributed by atoms with Crippen LogP contribution in [0.25, 0.3) is 0 Å². The van der Waals surface area contributed by atoms with Gasteiger partial charge in [-0.15, -0.1) is 0 Å². The molecule has 94 valence electrons. The van der Waals surface area contributed by atoms with Crippen LogP contribution in [-0.2, 0) is 11.3 Å². The van der Waals surface area contributed by atoms with Gasteiger partial charge in [-0.25, -0.2) is 8.78 Å². The number of rotatable bonds is 7. The number of hydrogen-bond acceptors (Lipinski definition) is 2. The standard InChI is InChI=1S/C13H17F2NO/c14-12-5-11(6-13(15)7-12)8-16-3-4-17-9-10-1-2-10/h5-7,10,16H,1-4,8-9H2. The molecule has 1 aliphatic rings. The summed E-state index contributed by atoms with van der Waals surface area (Å²) in [6.07, 6.45) is 2.58. The van der Waals surface area contributed by atoms with Crippen molar-refractivity contribution in [3.63, 3.8) is 0 Å². The highest BCUT2D eigenvalue weighted by Gasteiger charge is 2.20. The Bertz CT molecular complexity index is 346. The lowest BCUT2D eigenvalue weighted by Gasteiger charge is -2.06. The molecule has 1 aromatic rings. The van der Waals surface area contributed by atoms with Crippen molar-refractivity contribution in [1.82, 2.24) is 5.32 Å². The Balaban J connectivity index is 1.59. The molecular weight excluding hydrogens is 224 g/mol. The lowest BCUT2D eigenvalue weighted by atomic mass is 10.2. The maximum atomic E-state index is 12.9. The molecule has 0 saturated heterocycles. The van der Waals surface area contributed by atoms with Crippen LogP contribution in [0.3, 0.4) is 0 Å². The molecule has 2 rings (SSSR count). The van der Waals surface area contributed by atoms with Crippen molar-refractivity contribution in [2.45, 2.75) is 19.4 Å². The fraction of sp³-hybridized carbons (Fsp3) is 0.538. The minimum atomic E-state index is -0.535. The number of benzene rings is 1. The highest BCUT2D eigenvalue weighted by Crippen LogP contribution is 2.28. The number of ether oxygens (including phenoxy) is 1. The molecule has 1 aliphatic carbocycles. The molecule has 0 radical (unpaired) electrons. The van der Waals surface area contributed by atoms with Crippen LogP contribution in [0.2, 0.25) is 0 Å². The number of halogens is 2. The Morgan fingerprint density at radius 1 is 1.18 bits per heavy atom. The molecule has 0 spiro atoms. The molecule has 0 amide bonds. The van der Waals surface area contributed by atoms with E-state index in [2.05, 4.69) is 5.32 Å². The van der Waals surface area contributed by atoms with E-state index in [1.807, 2.05) is 0 Å². The fourth-order valence-corrected chi connectivity index (χ4v) is 1.62. The van der Waals surface area contributed by atoms with Gasteiger partial charge in [-0.05, 0) is 36.5 Å². The first-order valence-corrected chi connectivity index (χ1v) is 5.97. The van der Waals surface area contributed by atoms with Gasteiger partial charge < -0.3 is 10.1 Å². The zero-order valence-corrected chi connectivity index (χ0v) is 9.72. The van der Waals surface area contributed by atoms with Crippen LogP contribution < -0.4 is 5.32 Å². The molecule has 0 aromatic heterocycles. The molecule has 1 aromatic carbocycles. The maximum absolute atomic E-state index is 12.9. The molecule has 17 heavy (non-hydrogen) atoms. The summed E-state index contributed by atoms with van der Waals surface area (Å²) in [7, 11) is 0. The Hall–Kier alpha value is -1.00. The summed E-state index contributed by atoms with van der Waals surface area (Å²) in [5.74, 6) is -0.300. The van der Waals surface area contributed by atoms with E-state index in [-0.39, 0.29) is 0 Å². The predicted octanol–water partition coefficient (Wildman–Crippen LogP) is 2.48. The molecule has 0 atom stereocenters. The quantitative estimate of drug-likeness (QED) is 0.740. The van der Waals surface area contributed by atoms with Gasteiger partial charge in [0, 0.05) is 25.8 Å². The molecule has 1 N–H and O–H groups in total. The van der Waals surface area contributed by atoms with E-state index in [9.17, 15) is 8.78 Å². The summed E-state index contributed by atoms with van der Waals surface area (Å²) in [4.78, 5) is 0. The van der Waals surface area contributed by atoms with Crippen LogP contribution in [0.15, 0.2) is 18.2 Å². The molecule has 0 heterocycles. The second kappa shape index (κ2) is 6.07. The van der Waals surface area contributed by atoms with Gasteiger partial charge in [-0.3, -0.25) is 0 Å². The molecule has 0 aliphatic heterocycles. The van der Waals surface area contributed by atoms with Gasteiger partial charge in [-0.1, -0.05) is 0 Å². The minimum Gasteiger partial charge on any atom is -0.380 e. The highest BCUT2D eigenvalue weighted by molar-refractivity contribution is 5.17. The Morgan fingerprint density at radius 2 is 1.88 bits per heavy atom. The summed E-state index contributed by atoms with van der Waals surface area (Å²) in [6.45, 7) is 2.65. The van der Waals surface area contributed by atoms with Gasteiger partial charge in [0.15, 0.2) is 0 Å². The van der Waals surface area contributed by atoms with Gasteiger partial charge in [-0.2, -0.15) is 0 Å². The highest BCUT2D eigenvalue weighted by atomic mass is 19.1. The third-order valence-corrected chi connectivity index (χ3v) is 2.73. The summed E-state index contributed by atoms with van der Waals surface area (Å²) in [5.41, 5.74) is 0.615. The average molecular weight is 241 g/mol. The number of nitrogens with one attached hydrogen (secondary N) is 1. The van der Waals surface area contributed by atoms with Gasteiger partial charge in [0.2, 0.25) is 0 Å². The van der Waals surface area contributed by atoms with E-state index < -0.39 is 11.6 Å². The Kier molecular flexibility index (Phi) is 4.45. The first kappa shape index (κ1) is 12.5. The third-order valence-electron chi connectivity index (χ3n) is 2.73. The minimum absolute atomic E-state index is 0.460. The number of hydrogen-bond donors (Lipinski definition) is 1. The zero-order chi connectivity index (χ0) is 12.1. The zero-order valence-electron chi connectivity index (χ0n) is 9.72. The van der Waals surface area contributed by atoms with E-state index in [0.29, 0.717) is 25.3 Å². The monoisotopic (exact) mass is 241 g/mol. The van der Waals surface area contributed by atoms with Crippen LogP contribution in [0, 0.1) is 17.6 Å². The van der Waals surface area contributed by atoms with Crippen LogP contribution in [0.4, 0.5) is 8.78 Å². The first-order valence-electron chi connectivity index (χ1n) is 5.97. The van der Waals surface area contributed by atoms with E-state index in [1.165, 1.54) is 25.0 Å². The van der Waals surface area contributed by atoms with E-state index in [4.69, 9.17) is 4.74 Å². The molecule has 4 heteroatoms. The maximum Gasteiger partial charge on any atom is 0.126 e. The molecule has 1 saturated carbocycles. The molecule has 0 bridgehead atoms. The lowest BCUT2D eigenvalue weighted by molar-refractivity contribution is 0.126. The first-order chi connectivity index (χ1) is 8.24. The van der Waals surface area contributed by atoms with Crippen molar-refractivity contribution in [2.24, 2.45) is 5.92 Å². The largest absolute Gasteiger partial charge is 0.380 e. The van der Waals surface area contributed by atoms with Crippen LogP contribution >= 0.6 is 0 Å². The van der Waals surface area contributed by atoms with Crippen LogP contribution in [0.1, 0.15) is 18.4 Å². The fourth-order valence-electron chi connectivity index (χ4n) is 1.62. The van der Waals surface area contributed by atoms with Gasteiger partial charge in [0.05, 0.1) is 6.61 Å². The lowest BCUT2D eigenvalue weighted by Crippen LogP contribution is -2.19. The van der Waals surface area contributed by atoms with Crippen molar-refractivity contribution in [1.29, 1.82) is 0 Å². The molecular formula is C13H17F2NO. The molecule has 0 unspecified atom stereocenters. The van der Waals surface area contributed by atoms with Gasteiger partial charge >= 0.3 is 0 Å². The van der Waals surface area contributed by atoms with Crippen LogP contribution in [-0.4, -0.2) is 19.8 Å². The topological polar surface area (TPSA) is 21.3 Å². The van der Waals surface area contributed by atoms with Crippen molar-refractivity contribution < 1.29 is 13.5 Å². The normalized spacial score (nSPS) is 15.2. The summed E-state index contributed by atoms with van der Waals surface area (Å²) >= 11 is 0. The van der Waals surface area contributed by atoms with E-state index >= 15 is 0 Å². The second-order valence-corrected chi connectivity index (χ2v) is 4.47. The predicted molar refractivity (Wildman–Crippen MR) is 61.6 cm³/mol. The third kappa shape index (κ3) is 4.79. The van der Waals surface area contributed by atoms with E-state index in [1.54, 1.807) is 0 Å². The smallest absolute Gasteiger partial charge is 0.126 e. The summed E-state index contributed by atoms with van der Waals surface area (Å²) < 4.78 is 31.2. The van der Waals surface area contributed by atoms with Gasteiger partial charge in [0.25, 0.3) is 0 Å². The second-order valence-electron chi connectivity index (χ2n) is 4.47. The SMILES string of the molecule is Fc1cc(F)cc(CNCCOCC2CC2)c1. The molecule has 2 nitrogen and oxygen atoms in total. The van der Waals surface area contributed by atoms with E-state index in [0.717, 1.165) is 18.6 Å². The summed E-state index contributed by atoms with van der Waals surface area (Å²) in [5, 5.41) is 3.09. The molecule has 1 fully saturated rings. The Morgan fingerprint density at radius 3 is 2.53 bits per heavy atom. The summed E-state index contributed by atoms with van der Waals surface area (Å²) in [6, 6.07) is 3.55. The van der Waals surface area contributed by atoms with Crippen molar-refractivity contribution in [3.8, 4) is 0 Å². The van der Waals surface area contributed by atoms with Crippen molar-refractivity contribution >= 4 is 0 Å². The average Bonchev–Trinajstić information content (AvgIpc) is 3.05. The van der Waals surface area contributed by atoms with Gasteiger partial charge in [0.1, 0.15) is 11.6 Å². The Labute approximate surface area is 100.0 Å². The van der Waals surface area contributed by atoms with Crippen molar-refractivity contribution in [2.75, 3.05) is 19.8 Å². The van der Waals surface area contributed by atoms with Crippen LogP contribution in [0.5, 0.6) is 0 Å². The van der Waals surface area contributed by atoms with Crippen molar-refractivity contribution in [3.05, 3.63) is 35.4 Å².